The van der Waals surface area contributed by atoms with Gasteiger partial charge in [0, 0.05) is 0 Å². The molecule has 2 heteroatoms. The molecule has 0 amide bonds. The van der Waals surface area contributed by atoms with E-state index in [0.29, 0.717) is 0 Å². The van der Waals surface area contributed by atoms with Gasteiger partial charge in [0.15, 0.2) is 0 Å². The second-order valence-electron chi connectivity index (χ2n) is 6.06. The maximum atomic E-state index is 5.67. The van der Waals surface area contributed by atoms with Gasteiger partial charge in [-0.15, -0.1) is 0 Å². The normalized spacial score (nSPS) is 13.5. The summed E-state index contributed by atoms with van der Waals surface area (Å²) in [5, 5.41) is 0. The molecular weight excluding hydrogens is 236 g/mol. The molecule has 0 fully saturated rings. The maximum Gasteiger partial charge on any atom is 0.113 e. The lowest BCUT2D eigenvalue weighted by atomic mass is 10.0. The Morgan fingerprint density at radius 2 is 1.68 bits per heavy atom. The molecule has 0 saturated heterocycles. The van der Waals surface area contributed by atoms with Crippen molar-refractivity contribution in [1.29, 1.82) is 0 Å². The van der Waals surface area contributed by atoms with Crippen molar-refractivity contribution in [3.05, 3.63) is 12.2 Å². The van der Waals surface area contributed by atoms with E-state index in [9.17, 15) is 0 Å². The quantitative estimate of drug-likeness (QED) is 0.192. The average Bonchev–Trinajstić information content (AvgIpc) is 2.37. The molecule has 0 saturated carbocycles. The molecule has 0 aliphatic carbocycles. The maximum absolute atomic E-state index is 5.67. The SMILES string of the molecule is C=C(CCCC)C(CC)OOC(C)(C)CCCCC. The van der Waals surface area contributed by atoms with Gasteiger partial charge in [-0.05, 0) is 45.1 Å². The van der Waals surface area contributed by atoms with E-state index in [1.54, 1.807) is 0 Å². The summed E-state index contributed by atoms with van der Waals surface area (Å²) < 4.78 is 0. The van der Waals surface area contributed by atoms with Gasteiger partial charge in [0.25, 0.3) is 0 Å². The first-order chi connectivity index (χ1) is 8.96. The van der Waals surface area contributed by atoms with Crippen molar-refractivity contribution in [2.75, 3.05) is 0 Å². The Bertz CT molecular complexity index is 233. The molecule has 0 aromatic heterocycles. The Kier molecular flexibility index (Phi) is 10.3. The summed E-state index contributed by atoms with van der Waals surface area (Å²) in [5.74, 6) is 0. The minimum atomic E-state index is -0.201. The van der Waals surface area contributed by atoms with Crippen LogP contribution in [0.3, 0.4) is 0 Å². The van der Waals surface area contributed by atoms with E-state index in [1.807, 2.05) is 0 Å². The molecular formula is C17H34O2. The molecule has 1 unspecified atom stereocenters. The molecule has 1 atom stereocenters. The molecule has 0 rings (SSSR count). The standard InChI is InChI=1S/C17H34O2/c1-7-10-12-14-17(5,6)19-18-16(9-3)15(4)13-11-8-2/h16H,4,7-14H2,1-3,5-6H3. The zero-order valence-electron chi connectivity index (χ0n) is 13.8. The average molecular weight is 270 g/mol. The minimum absolute atomic E-state index is 0.0389. The van der Waals surface area contributed by atoms with Crippen molar-refractivity contribution < 1.29 is 9.78 Å². The van der Waals surface area contributed by atoms with Crippen molar-refractivity contribution in [2.45, 2.75) is 97.7 Å². The zero-order chi connectivity index (χ0) is 14.7. The Hall–Kier alpha value is -0.340. The third-order valence-corrected chi connectivity index (χ3v) is 3.45. The fourth-order valence-corrected chi connectivity index (χ4v) is 2.02. The van der Waals surface area contributed by atoms with Crippen LogP contribution in [-0.4, -0.2) is 11.7 Å². The van der Waals surface area contributed by atoms with Crippen LogP contribution in [-0.2, 0) is 9.78 Å². The predicted octanol–water partition coefficient (Wildman–Crippen LogP) is 5.82. The molecule has 0 aromatic carbocycles. The summed E-state index contributed by atoms with van der Waals surface area (Å²) in [4.78, 5) is 11.3. The predicted molar refractivity (Wildman–Crippen MR) is 83.1 cm³/mol. The van der Waals surface area contributed by atoms with E-state index >= 15 is 0 Å². The number of rotatable bonds is 12. The summed E-state index contributed by atoms with van der Waals surface area (Å²) in [6, 6.07) is 0. The summed E-state index contributed by atoms with van der Waals surface area (Å²) >= 11 is 0. The van der Waals surface area contributed by atoms with Gasteiger partial charge in [-0.1, -0.05) is 53.0 Å². The van der Waals surface area contributed by atoms with Crippen LogP contribution in [0.1, 0.15) is 86.0 Å². The van der Waals surface area contributed by atoms with Gasteiger partial charge < -0.3 is 0 Å². The highest BCUT2D eigenvalue weighted by atomic mass is 17.2. The van der Waals surface area contributed by atoms with E-state index in [1.165, 1.54) is 32.1 Å². The van der Waals surface area contributed by atoms with Crippen LogP contribution in [0.4, 0.5) is 0 Å². The molecule has 0 aromatic rings. The molecule has 0 bridgehead atoms. The van der Waals surface area contributed by atoms with Crippen LogP contribution in [0.15, 0.2) is 12.2 Å². The van der Waals surface area contributed by atoms with Crippen LogP contribution in [0, 0.1) is 0 Å². The van der Waals surface area contributed by atoms with Gasteiger partial charge in [-0.3, -0.25) is 0 Å². The van der Waals surface area contributed by atoms with Crippen molar-refractivity contribution in [1.82, 2.24) is 0 Å². The summed E-state index contributed by atoms with van der Waals surface area (Å²) in [6.45, 7) is 14.9. The number of unbranched alkanes of at least 4 members (excludes halogenated alkanes) is 3. The van der Waals surface area contributed by atoms with Gasteiger partial charge >= 0.3 is 0 Å². The zero-order valence-corrected chi connectivity index (χ0v) is 13.8. The number of hydrogen-bond acceptors (Lipinski definition) is 2. The molecule has 0 aliphatic heterocycles. The lowest BCUT2D eigenvalue weighted by Gasteiger charge is -2.27. The second-order valence-corrected chi connectivity index (χ2v) is 6.06. The minimum Gasteiger partial charge on any atom is -0.230 e. The van der Waals surface area contributed by atoms with Crippen molar-refractivity contribution in [2.24, 2.45) is 0 Å². The lowest BCUT2D eigenvalue weighted by Crippen LogP contribution is -2.28. The van der Waals surface area contributed by atoms with Gasteiger partial charge in [0.2, 0.25) is 0 Å². The summed E-state index contributed by atoms with van der Waals surface area (Å²) in [6.07, 6.45) is 9.10. The Morgan fingerprint density at radius 1 is 1.05 bits per heavy atom. The Labute approximate surface area is 120 Å². The van der Waals surface area contributed by atoms with Crippen molar-refractivity contribution in [3.8, 4) is 0 Å². The van der Waals surface area contributed by atoms with Crippen molar-refractivity contribution in [3.63, 3.8) is 0 Å². The van der Waals surface area contributed by atoms with Crippen LogP contribution in [0.5, 0.6) is 0 Å². The third kappa shape index (κ3) is 9.23. The van der Waals surface area contributed by atoms with Crippen LogP contribution >= 0.6 is 0 Å². The third-order valence-electron chi connectivity index (χ3n) is 3.45. The van der Waals surface area contributed by atoms with Crippen LogP contribution < -0.4 is 0 Å². The van der Waals surface area contributed by atoms with Gasteiger partial charge in [-0.2, -0.15) is 0 Å². The highest BCUT2D eigenvalue weighted by molar-refractivity contribution is 5.01. The Balaban J connectivity index is 4.06. The summed E-state index contributed by atoms with van der Waals surface area (Å²) in [5.41, 5.74) is 0.960. The first-order valence-corrected chi connectivity index (χ1v) is 7.99. The Morgan fingerprint density at radius 3 is 2.21 bits per heavy atom. The van der Waals surface area contributed by atoms with Gasteiger partial charge in [-0.25, -0.2) is 9.78 Å². The topological polar surface area (TPSA) is 18.5 Å². The molecule has 2 nitrogen and oxygen atoms in total. The highest BCUT2D eigenvalue weighted by Crippen LogP contribution is 2.23. The summed E-state index contributed by atoms with van der Waals surface area (Å²) in [7, 11) is 0. The van der Waals surface area contributed by atoms with E-state index < -0.39 is 0 Å². The van der Waals surface area contributed by atoms with Crippen LogP contribution in [0.2, 0.25) is 0 Å². The monoisotopic (exact) mass is 270 g/mol. The fraction of sp³-hybridized carbons (Fsp3) is 0.882. The molecule has 114 valence electrons. The van der Waals surface area contributed by atoms with E-state index in [-0.39, 0.29) is 11.7 Å². The van der Waals surface area contributed by atoms with Gasteiger partial charge in [0.1, 0.15) is 6.10 Å². The molecule has 19 heavy (non-hydrogen) atoms. The van der Waals surface area contributed by atoms with Crippen LogP contribution in [0.25, 0.3) is 0 Å². The lowest BCUT2D eigenvalue weighted by molar-refractivity contribution is -0.372. The second kappa shape index (κ2) is 10.4. The van der Waals surface area contributed by atoms with Crippen molar-refractivity contribution >= 4 is 0 Å². The molecule has 0 radical (unpaired) electrons. The first-order valence-electron chi connectivity index (χ1n) is 7.99. The van der Waals surface area contributed by atoms with Gasteiger partial charge in [0.05, 0.1) is 5.60 Å². The molecule has 0 N–H and O–H groups in total. The number of hydrogen-bond donors (Lipinski definition) is 0. The molecule has 0 aliphatic rings. The smallest absolute Gasteiger partial charge is 0.113 e. The molecule has 0 spiro atoms. The fourth-order valence-electron chi connectivity index (χ4n) is 2.02. The first kappa shape index (κ1) is 18.7. The molecule has 0 heterocycles. The van der Waals surface area contributed by atoms with E-state index in [4.69, 9.17) is 9.78 Å². The highest BCUT2D eigenvalue weighted by Gasteiger charge is 2.22. The largest absolute Gasteiger partial charge is 0.230 e. The van der Waals surface area contributed by atoms with E-state index in [2.05, 4.69) is 41.2 Å². The van der Waals surface area contributed by atoms with E-state index in [0.717, 1.165) is 24.8 Å².